The number of hydrogen-bond acceptors (Lipinski definition) is 12. The van der Waals surface area contributed by atoms with Gasteiger partial charge in [-0.1, -0.05) is 18.2 Å². The number of fused-ring (bicyclic) bond motifs is 1. The quantitative estimate of drug-likeness (QED) is 0.0736. The first-order chi connectivity index (χ1) is 20.1. The molecule has 0 spiro atoms. The smallest absolute Gasteiger partial charge is 0.496 e. The van der Waals surface area contributed by atoms with E-state index in [2.05, 4.69) is 15.0 Å². The van der Waals surface area contributed by atoms with Crippen molar-refractivity contribution in [2.75, 3.05) is 32.6 Å². The van der Waals surface area contributed by atoms with E-state index in [4.69, 9.17) is 33.7 Å². The van der Waals surface area contributed by atoms with Crippen LogP contribution in [-0.4, -0.2) is 52.5 Å². The molecule has 2 heterocycles. The standard InChI is InChI=1S/C26H29FN5O9P/c1-16-4-6-18(10-20(16)27)12-39-42(35,40-14-38-26(34)41-19-7-5-17(2)21(11-19)36-3)15-37-9-8-32-13-29-22-23(32)30-25(28)31-24(22)33/h4-7,10-11,13H,8-9,12,14-15H2,1-3H3,(H3,28,30,31,33). The lowest BCUT2D eigenvalue weighted by atomic mass is 10.1. The van der Waals surface area contributed by atoms with Gasteiger partial charge in [0.25, 0.3) is 5.56 Å². The summed E-state index contributed by atoms with van der Waals surface area (Å²) >= 11 is 0. The second kappa shape index (κ2) is 13.6. The number of carbonyl (C=O) groups excluding carboxylic acids is 1. The number of nitrogens with two attached hydrogens (primary N) is 1. The summed E-state index contributed by atoms with van der Waals surface area (Å²) in [5.41, 5.74) is 7.13. The zero-order valence-corrected chi connectivity index (χ0v) is 23.9. The Kier molecular flexibility index (Phi) is 9.91. The van der Waals surface area contributed by atoms with Gasteiger partial charge in [0.1, 0.15) is 23.7 Å². The summed E-state index contributed by atoms with van der Waals surface area (Å²) in [6.07, 6.45) is -0.280. The molecule has 4 rings (SSSR count). The van der Waals surface area contributed by atoms with Gasteiger partial charge in [-0.2, -0.15) is 4.98 Å². The second-order valence-electron chi connectivity index (χ2n) is 8.94. The van der Waals surface area contributed by atoms with E-state index in [9.17, 15) is 18.5 Å². The first-order valence-corrected chi connectivity index (χ1v) is 14.2. The summed E-state index contributed by atoms with van der Waals surface area (Å²) in [6.45, 7) is 2.51. The SMILES string of the molecule is COc1cc(OC(=O)OCOP(=O)(COCCn2cnc3c(=O)[nH]c(N)nc32)OCc2ccc(C)c(F)c2)ccc1C. The summed E-state index contributed by atoms with van der Waals surface area (Å²) in [5.74, 6) is 0.141. The second-order valence-corrected chi connectivity index (χ2v) is 10.9. The van der Waals surface area contributed by atoms with E-state index in [0.717, 1.165) is 5.56 Å². The zero-order chi connectivity index (χ0) is 30.3. The number of hydrogen-bond donors (Lipinski definition) is 2. The van der Waals surface area contributed by atoms with Gasteiger partial charge < -0.3 is 33.8 Å². The highest BCUT2D eigenvalue weighted by molar-refractivity contribution is 7.53. The molecule has 14 nitrogen and oxygen atoms in total. The number of carbonyl (C=O) groups is 1. The Morgan fingerprint density at radius 1 is 1.14 bits per heavy atom. The molecule has 0 aliphatic carbocycles. The summed E-state index contributed by atoms with van der Waals surface area (Å²) < 4.78 is 60.5. The predicted molar refractivity (Wildman–Crippen MR) is 148 cm³/mol. The molecule has 3 N–H and O–H groups in total. The van der Waals surface area contributed by atoms with Crippen molar-refractivity contribution in [2.24, 2.45) is 0 Å². The van der Waals surface area contributed by atoms with E-state index in [1.54, 1.807) is 31.2 Å². The largest absolute Gasteiger partial charge is 0.515 e. The number of imidazole rings is 1. The van der Waals surface area contributed by atoms with Crippen LogP contribution in [0.1, 0.15) is 16.7 Å². The fourth-order valence-corrected chi connectivity index (χ4v) is 4.76. The summed E-state index contributed by atoms with van der Waals surface area (Å²) in [4.78, 5) is 34.6. The molecule has 0 fully saturated rings. The number of nitrogens with zero attached hydrogens (tertiary/aromatic N) is 3. The maximum Gasteiger partial charge on any atom is 0.515 e. The molecule has 224 valence electrons. The molecule has 4 aromatic rings. The number of nitrogens with one attached hydrogen (secondary N) is 1. The topological polar surface area (TPSA) is 179 Å². The van der Waals surface area contributed by atoms with Gasteiger partial charge >= 0.3 is 13.8 Å². The maximum absolute atomic E-state index is 14.0. The minimum absolute atomic E-state index is 0.0200. The fraction of sp³-hybridized carbons (Fsp3) is 0.308. The normalized spacial score (nSPS) is 12.7. The van der Waals surface area contributed by atoms with E-state index in [1.807, 2.05) is 6.92 Å². The number of aromatic nitrogens is 4. The summed E-state index contributed by atoms with van der Waals surface area (Å²) in [5, 5.41) is 0. The molecule has 0 aliphatic heterocycles. The van der Waals surface area contributed by atoms with Gasteiger partial charge in [0.2, 0.25) is 12.7 Å². The monoisotopic (exact) mass is 605 g/mol. The molecule has 0 amide bonds. The van der Waals surface area contributed by atoms with Gasteiger partial charge in [-0.15, -0.1) is 0 Å². The lowest BCUT2D eigenvalue weighted by Gasteiger charge is -2.19. The Bertz CT molecular complexity index is 1680. The van der Waals surface area contributed by atoms with Crippen LogP contribution in [0, 0.1) is 19.7 Å². The Hall–Kier alpha value is -4.30. The molecule has 0 saturated heterocycles. The first kappa shape index (κ1) is 30.7. The minimum Gasteiger partial charge on any atom is -0.496 e. The van der Waals surface area contributed by atoms with Gasteiger partial charge in [-0.25, -0.2) is 14.2 Å². The van der Waals surface area contributed by atoms with Gasteiger partial charge in [0.05, 0.1) is 26.7 Å². The van der Waals surface area contributed by atoms with Crippen molar-refractivity contribution in [1.29, 1.82) is 0 Å². The number of aromatic amines is 1. The third kappa shape index (κ3) is 7.91. The summed E-state index contributed by atoms with van der Waals surface area (Å²) in [7, 11) is -2.57. The number of benzene rings is 2. The summed E-state index contributed by atoms with van der Waals surface area (Å²) in [6, 6.07) is 9.15. The molecule has 42 heavy (non-hydrogen) atoms. The van der Waals surface area contributed by atoms with E-state index in [0.29, 0.717) is 16.9 Å². The highest BCUT2D eigenvalue weighted by Gasteiger charge is 2.27. The molecule has 0 saturated carbocycles. The third-order valence-corrected chi connectivity index (χ3v) is 7.41. The Balaban J connectivity index is 1.36. The van der Waals surface area contributed by atoms with Crippen molar-refractivity contribution < 1.29 is 41.7 Å². The fourth-order valence-electron chi connectivity index (χ4n) is 3.63. The van der Waals surface area contributed by atoms with Gasteiger partial charge in [-0.3, -0.25) is 18.9 Å². The first-order valence-electron chi connectivity index (χ1n) is 12.5. The van der Waals surface area contributed by atoms with Crippen molar-refractivity contribution in [3.63, 3.8) is 0 Å². The van der Waals surface area contributed by atoms with Crippen LogP contribution in [-0.2, 0) is 36.2 Å². The van der Waals surface area contributed by atoms with Crippen LogP contribution in [0.25, 0.3) is 11.2 Å². The molecule has 0 bridgehead atoms. The van der Waals surface area contributed by atoms with Gasteiger partial charge in [0.15, 0.2) is 11.2 Å². The molecule has 2 aromatic heterocycles. The lowest BCUT2D eigenvalue weighted by Crippen LogP contribution is -2.15. The molecule has 2 aromatic carbocycles. The van der Waals surface area contributed by atoms with E-state index < -0.39 is 38.3 Å². The van der Waals surface area contributed by atoms with Crippen LogP contribution in [0.2, 0.25) is 0 Å². The Morgan fingerprint density at radius 2 is 1.93 bits per heavy atom. The number of nitrogen functional groups attached to an aromatic ring is 1. The van der Waals surface area contributed by atoms with Crippen LogP contribution in [0.15, 0.2) is 47.5 Å². The number of methoxy groups -OCH3 is 1. The van der Waals surface area contributed by atoms with Crippen LogP contribution < -0.4 is 20.8 Å². The maximum atomic E-state index is 14.0. The van der Waals surface area contributed by atoms with Crippen molar-refractivity contribution in [2.45, 2.75) is 27.0 Å². The van der Waals surface area contributed by atoms with E-state index in [1.165, 1.54) is 30.1 Å². The number of H-pyrrole nitrogens is 1. The van der Waals surface area contributed by atoms with Crippen molar-refractivity contribution >= 4 is 30.9 Å². The Morgan fingerprint density at radius 3 is 2.69 bits per heavy atom. The highest BCUT2D eigenvalue weighted by atomic mass is 31.2. The number of halogens is 1. The minimum atomic E-state index is -4.05. The molecular weight excluding hydrogens is 576 g/mol. The average molecular weight is 606 g/mol. The van der Waals surface area contributed by atoms with Crippen LogP contribution in [0.5, 0.6) is 11.5 Å². The molecule has 1 atom stereocenters. The Labute approximate surface area is 239 Å². The zero-order valence-electron chi connectivity index (χ0n) is 23.0. The van der Waals surface area contributed by atoms with Gasteiger partial charge in [0, 0.05) is 12.6 Å². The van der Waals surface area contributed by atoms with E-state index >= 15 is 0 Å². The van der Waals surface area contributed by atoms with E-state index in [-0.39, 0.29) is 42.6 Å². The van der Waals surface area contributed by atoms with Crippen LogP contribution in [0.3, 0.4) is 0 Å². The third-order valence-electron chi connectivity index (χ3n) is 5.89. The predicted octanol–water partition coefficient (Wildman–Crippen LogP) is 4.04. The van der Waals surface area contributed by atoms with Crippen molar-refractivity contribution in [1.82, 2.24) is 19.5 Å². The molecule has 16 heteroatoms. The van der Waals surface area contributed by atoms with Gasteiger partial charge in [-0.05, 0) is 42.7 Å². The molecular formula is C26H29FN5O9P. The van der Waals surface area contributed by atoms with Crippen molar-refractivity contribution in [3.8, 4) is 11.5 Å². The lowest BCUT2D eigenvalue weighted by molar-refractivity contribution is 0.0153. The van der Waals surface area contributed by atoms with Crippen LogP contribution >= 0.6 is 7.60 Å². The number of rotatable bonds is 13. The molecule has 0 aliphatic rings. The van der Waals surface area contributed by atoms with Crippen LogP contribution in [0.4, 0.5) is 15.1 Å². The number of anilines is 1. The average Bonchev–Trinajstić information content (AvgIpc) is 3.36. The van der Waals surface area contributed by atoms with Crippen molar-refractivity contribution in [3.05, 3.63) is 75.6 Å². The molecule has 1 unspecified atom stereocenters. The molecule has 0 radical (unpaired) electrons. The number of aryl methyl sites for hydroxylation is 2. The highest BCUT2D eigenvalue weighted by Crippen LogP contribution is 2.49. The number of ether oxygens (including phenoxy) is 4.